The van der Waals surface area contributed by atoms with E-state index in [1.807, 2.05) is 29.8 Å². The van der Waals surface area contributed by atoms with Crippen molar-refractivity contribution in [3.05, 3.63) is 60.2 Å². The number of nitrogens with two attached hydrogens (primary N) is 1. The van der Waals surface area contributed by atoms with E-state index in [2.05, 4.69) is 38.8 Å². The summed E-state index contributed by atoms with van der Waals surface area (Å²) in [6.45, 7) is 7.00. The zero-order valence-electron chi connectivity index (χ0n) is 21.0. The summed E-state index contributed by atoms with van der Waals surface area (Å²) in [4.78, 5) is 38.9. The van der Waals surface area contributed by atoms with Crippen LogP contribution in [0.5, 0.6) is 0 Å². The van der Waals surface area contributed by atoms with Gasteiger partial charge in [-0.3, -0.25) is 9.59 Å². The van der Waals surface area contributed by atoms with Crippen molar-refractivity contribution in [3.8, 4) is 23.1 Å². The molecule has 3 aromatic rings. The van der Waals surface area contributed by atoms with Crippen LogP contribution in [0, 0.1) is 11.8 Å². The number of benzene rings is 1. The molecule has 10 heteroatoms. The lowest BCUT2D eigenvalue weighted by Crippen LogP contribution is -2.46. The SMILES string of the molecule is C=N/C(=C\C=C/C)NC(=O)c1ccc(-c2nn([C@H]3C[C@@H](N(C)C(=O)C#CC)C3)c3ncnc(N)c23)cc1. The van der Waals surface area contributed by atoms with Crippen molar-refractivity contribution in [2.45, 2.75) is 38.8 Å². The van der Waals surface area contributed by atoms with Crippen molar-refractivity contribution < 1.29 is 9.59 Å². The first kappa shape index (κ1) is 25.3. The summed E-state index contributed by atoms with van der Waals surface area (Å²) >= 11 is 0. The molecule has 4 rings (SSSR count). The topological polar surface area (TPSA) is 131 Å². The second-order valence-electron chi connectivity index (χ2n) is 8.59. The van der Waals surface area contributed by atoms with E-state index in [0.717, 1.165) is 18.4 Å². The number of rotatable bonds is 7. The van der Waals surface area contributed by atoms with Gasteiger partial charge in [-0.15, -0.1) is 0 Å². The molecule has 0 atom stereocenters. The average molecular weight is 497 g/mol. The molecule has 10 nitrogen and oxygen atoms in total. The fraction of sp³-hybridized carbons (Fsp3) is 0.259. The molecule has 188 valence electrons. The summed E-state index contributed by atoms with van der Waals surface area (Å²) in [6, 6.07) is 7.17. The minimum atomic E-state index is -0.306. The van der Waals surface area contributed by atoms with Gasteiger partial charge in [0.25, 0.3) is 11.8 Å². The Labute approximate surface area is 215 Å². The molecule has 1 aliphatic rings. The molecule has 2 amide bonds. The third-order valence-corrected chi connectivity index (χ3v) is 6.33. The minimum Gasteiger partial charge on any atom is -0.383 e. The highest BCUT2D eigenvalue weighted by atomic mass is 16.2. The van der Waals surface area contributed by atoms with Gasteiger partial charge in [0.05, 0.1) is 11.4 Å². The zero-order valence-corrected chi connectivity index (χ0v) is 21.0. The van der Waals surface area contributed by atoms with Crippen molar-refractivity contribution in [2.75, 3.05) is 12.8 Å². The molecule has 0 unspecified atom stereocenters. The maximum Gasteiger partial charge on any atom is 0.298 e. The first-order valence-electron chi connectivity index (χ1n) is 11.8. The highest BCUT2D eigenvalue weighted by molar-refractivity contribution is 6.00. The Hall–Kier alpha value is -4.78. The van der Waals surface area contributed by atoms with Gasteiger partial charge in [0.2, 0.25) is 0 Å². The van der Waals surface area contributed by atoms with E-state index >= 15 is 0 Å². The molecule has 1 aliphatic carbocycles. The number of carbonyl (C=O) groups is 2. The Balaban J connectivity index is 1.59. The lowest BCUT2D eigenvalue weighted by molar-refractivity contribution is -0.128. The first-order valence-corrected chi connectivity index (χ1v) is 11.8. The number of aromatic nitrogens is 4. The summed E-state index contributed by atoms with van der Waals surface area (Å²) in [5, 5.41) is 8.22. The van der Waals surface area contributed by atoms with Crippen molar-refractivity contribution >= 4 is 35.4 Å². The Morgan fingerprint density at radius 2 is 2.00 bits per heavy atom. The second-order valence-corrected chi connectivity index (χ2v) is 8.59. The van der Waals surface area contributed by atoms with E-state index in [0.29, 0.717) is 33.9 Å². The van der Waals surface area contributed by atoms with E-state index in [9.17, 15) is 9.59 Å². The number of allylic oxidation sites excluding steroid dienone is 3. The summed E-state index contributed by atoms with van der Waals surface area (Å²) < 4.78 is 1.86. The molecule has 0 aliphatic heterocycles. The Morgan fingerprint density at radius 3 is 2.65 bits per heavy atom. The standard InChI is InChI=1S/C27H28N8O2/c1-5-7-9-21(29-3)32-27(37)18-12-10-17(11-13-18)24-23-25(28)30-16-31-26(23)35(33-24)20-14-19(15-20)34(4)22(36)8-6-2/h5,7,9-13,16,19-20H,3,14-15H2,1-2,4H3,(H,32,37)(H2,28,30,31)/b7-5-,21-9+/t19-,20+. The van der Waals surface area contributed by atoms with Gasteiger partial charge in [-0.2, -0.15) is 5.10 Å². The molecule has 37 heavy (non-hydrogen) atoms. The van der Waals surface area contributed by atoms with E-state index in [4.69, 9.17) is 10.8 Å². The van der Waals surface area contributed by atoms with Crippen LogP contribution in [-0.4, -0.2) is 56.3 Å². The number of hydrogen-bond donors (Lipinski definition) is 2. The molecule has 0 bridgehead atoms. The fourth-order valence-corrected chi connectivity index (χ4v) is 4.18. The van der Waals surface area contributed by atoms with Crippen LogP contribution < -0.4 is 11.1 Å². The summed E-state index contributed by atoms with van der Waals surface area (Å²) in [6.07, 6.45) is 8.13. The number of nitrogens with zero attached hydrogens (tertiary/aromatic N) is 6. The number of anilines is 1. The monoisotopic (exact) mass is 496 g/mol. The molecule has 2 heterocycles. The maximum absolute atomic E-state index is 12.6. The highest BCUT2D eigenvalue weighted by Crippen LogP contribution is 2.39. The maximum atomic E-state index is 12.6. The quantitative estimate of drug-likeness (QED) is 0.294. The van der Waals surface area contributed by atoms with Crippen LogP contribution in [0.1, 0.15) is 43.1 Å². The van der Waals surface area contributed by atoms with Crippen LogP contribution in [0.15, 0.2) is 59.6 Å². The van der Waals surface area contributed by atoms with E-state index < -0.39 is 0 Å². The van der Waals surface area contributed by atoms with Crippen LogP contribution in [0.4, 0.5) is 5.82 Å². The Morgan fingerprint density at radius 1 is 1.27 bits per heavy atom. The average Bonchev–Trinajstić information content (AvgIpc) is 3.26. The third kappa shape index (κ3) is 5.11. The predicted octanol–water partition coefficient (Wildman–Crippen LogP) is 3.11. The molecule has 1 saturated carbocycles. The summed E-state index contributed by atoms with van der Waals surface area (Å²) in [5.41, 5.74) is 8.73. The highest BCUT2D eigenvalue weighted by Gasteiger charge is 2.37. The van der Waals surface area contributed by atoms with Crippen LogP contribution in [-0.2, 0) is 4.79 Å². The van der Waals surface area contributed by atoms with Gasteiger partial charge in [0.1, 0.15) is 23.7 Å². The number of fused-ring (bicyclic) bond motifs is 1. The van der Waals surface area contributed by atoms with Gasteiger partial charge in [0, 0.05) is 24.2 Å². The third-order valence-electron chi connectivity index (χ3n) is 6.33. The molecule has 0 radical (unpaired) electrons. The lowest BCUT2D eigenvalue weighted by atomic mass is 9.85. The molecule has 3 N–H and O–H groups in total. The first-order chi connectivity index (χ1) is 17.9. The van der Waals surface area contributed by atoms with Gasteiger partial charge in [-0.05, 0) is 57.5 Å². The number of nitrogen functional groups attached to an aromatic ring is 1. The van der Waals surface area contributed by atoms with Gasteiger partial charge < -0.3 is 16.0 Å². The lowest BCUT2D eigenvalue weighted by Gasteiger charge is -2.40. The number of carbonyl (C=O) groups excluding carboxylic acids is 2. The van der Waals surface area contributed by atoms with E-state index in [1.165, 1.54) is 6.33 Å². The molecule has 0 saturated heterocycles. The van der Waals surface area contributed by atoms with E-state index in [1.54, 1.807) is 43.2 Å². The van der Waals surface area contributed by atoms with Gasteiger partial charge >= 0.3 is 0 Å². The van der Waals surface area contributed by atoms with Gasteiger partial charge in [0.15, 0.2) is 5.65 Å². The molecule has 2 aromatic heterocycles. The normalized spacial score (nSPS) is 17.1. The van der Waals surface area contributed by atoms with Crippen molar-refractivity contribution in [2.24, 2.45) is 4.99 Å². The Kier molecular flexibility index (Phi) is 7.44. The number of amides is 2. The zero-order chi connectivity index (χ0) is 26.5. The second kappa shape index (κ2) is 10.9. The van der Waals surface area contributed by atoms with Crippen LogP contribution in [0.3, 0.4) is 0 Å². The fourth-order valence-electron chi connectivity index (χ4n) is 4.18. The van der Waals surface area contributed by atoms with Gasteiger partial charge in [-0.1, -0.05) is 30.2 Å². The number of hydrogen-bond acceptors (Lipinski definition) is 7. The smallest absolute Gasteiger partial charge is 0.298 e. The Bertz CT molecular complexity index is 1470. The largest absolute Gasteiger partial charge is 0.383 e. The van der Waals surface area contributed by atoms with Crippen molar-refractivity contribution in [3.63, 3.8) is 0 Å². The minimum absolute atomic E-state index is 0.0548. The van der Waals surface area contributed by atoms with Gasteiger partial charge in [-0.25, -0.2) is 19.6 Å². The molecule has 0 spiro atoms. The van der Waals surface area contributed by atoms with Crippen LogP contribution >= 0.6 is 0 Å². The van der Waals surface area contributed by atoms with Crippen molar-refractivity contribution in [1.82, 2.24) is 30.0 Å². The number of nitrogens with one attached hydrogen (secondary N) is 1. The molecular weight excluding hydrogens is 468 g/mol. The molecular formula is C27H28N8O2. The number of aliphatic imine (C=N–C) groups is 1. The van der Waals surface area contributed by atoms with Crippen LogP contribution in [0.2, 0.25) is 0 Å². The van der Waals surface area contributed by atoms with E-state index in [-0.39, 0.29) is 23.9 Å². The van der Waals surface area contributed by atoms with Crippen molar-refractivity contribution in [1.29, 1.82) is 0 Å². The van der Waals surface area contributed by atoms with Crippen LogP contribution in [0.25, 0.3) is 22.3 Å². The molecule has 1 fully saturated rings. The predicted molar refractivity (Wildman–Crippen MR) is 143 cm³/mol. The summed E-state index contributed by atoms with van der Waals surface area (Å²) in [5.74, 6) is 5.41. The molecule has 1 aromatic carbocycles. The summed E-state index contributed by atoms with van der Waals surface area (Å²) in [7, 11) is 1.77.